The summed E-state index contributed by atoms with van der Waals surface area (Å²) in [5, 5.41) is 11.8. The van der Waals surface area contributed by atoms with Crippen molar-refractivity contribution in [2.75, 3.05) is 19.7 Å². The van der Waals surface area contributed by atoms with Gasteiger partial charge in [-0.1, -0.05) is 0 Å². The summed E-state index contributed by atoms with van der Waals surface area (Å²) in [5.41, 5.74) is 0. The van der Waals surface area contributed by atoms with Gasteiger partial charge in [-0.25, -0.2) is 0 Å². The fourth-order valence-corrected chi connectivity index (χ4v) is 2.18. The molecule has 0 aliphatic heterocycles. The zero-order valence-corrected chi connectivity index (χ0v) is 11.3. The van der Waals surface area contributed by atoms with E-state index in [1.165, 1.54) is 0 Å². The number of nitrogens with zero attached hydrogens (tertiary/aromatic N) is 1. The second kappa shape index (κ2) is 6.73. The minimum absolute atomic E-state index is 0.00809. The maximum Gasteiger partial charge on any atom is 0.234 e. The SMILES string of the molecule is C[C@H](NC(=O)CN(CCCO)C1CC1)c1ccco1. The average molecular weight is 266 g/mol. The maximum absolute atomic E-state index is 12.0. The molecule has 1 aromatic rings. The number of nitrogens with one attached hydrogen (secondary N) is 1. The number of rotatable bonds is 8. The molecule has 2 N–H and O–H groups in total. The Kier molecular flexibility index (Phi) is 4.99. The molecular formula is C14H22N2O3. The van der Waals surface area contributed by atoms with Gasteiger partial charge in [-0.3, -0.25) is 9.69 Å². The van der Waals surface area contributed by atoms with Crippen molar-refractivity contribution in [1.82, 2.24) is 10.2 Å². The lowest BCUT2D eigenvalue weighted by atomic mass is 10.2. The van der Waals surface area contributed by atoms with Gasteiger partial charge < -0.3 is 14.8 Å². The number of hydrogen-bond acceptors (Lipinski definition) is 4. The third-order valence-corrected chi connectivity index (χ3v) is 3.36. The molecule has 2 rings (SSSR count). The Labute approximate surface area is 113 Å². The third kappa shape index (κ3) is 4.36. The standard InChI is InChI=1S/C14H22N2O3/c1-11(13-4-2-9-19-13)15-14(18)10-16(7-3-8-17)12-5-6-12/h2,4,9,11-12,17H,3,5-8,10H2,1H3,(H,15,18)/t11-/m0/s1. The van der Waals surface area contributed by atoms with E-state index >= 15 is 0 Å². The predicted octanol–water partition coefficient (Wildman–Crippen LogP) is 1.30. The Balaban J connectivity index is 1.78. The lowest BCUT2D eigenvalue weighted by molar-refractivity contribution is -0.123. The number of aliphatic hydroxyl groups excluding tert-OH is 1. The van der Waals surface area contributed by atoms with Crippen molar-refractivity contribution in [3.63, 3.8) is 0 Å². The molecule has 1 heterocycles. The molecule has 5 heteroatoms. The monoisotopic (exact) mass is 266 g/mol. The molecule has 0 spiro atoms. The van der Waals surface area contributed by atoms with E-state index in [1.54, 1.807) is 6.26 Å². The summed E-state index contributed by atoms with van der Waals surface area (Å²) in [5.74, 6) is 0.774. The van der Waals surface area contributed by atoms with Crippen LogP contribution in [0.4, 0.5) is 0 Å². The van der Waals surface area contributed by atoms with Gasteiger partial charge in [0.15, 0.2) is 0 Å². The molecule has 106 valence electrons. The van der Waals surface area contributed by atoms with Crippen LogP contribution in [0, 0.1) is 0 Å². The molecule has 1 saturated carbocycles. The summed E-state index contributed by atoms with van der Waals surface area (Å²) in [6.07, 6.45) is 4.64. The average Bonchev–Trinajstić information content (AvgIpc) is 3.08. The lowest BCUT2D eigenvalue weighted by Crippen LogP contribution is -2.40. The summed E-state index contributed by atoms with van der Waals surface area (Å²) < 4.78 is 5.26. The first-order valence-corrected chi connectivity index (χ1v) is 6.88. The zero-order valence-electron chi connectivity index (χ0n) is 11.3. The van der Waals surface area contributed by atoms with Crippen molar-refractivity contribution in [1.29, 1.82) is 0 Å². The van der Waals surface area contributed by atoms with Crippen LogP contribution in [0.2, 0.25) is 0 Å². The van der Waals surface area contributed by atoms with Crippen LogP contribution in [0.15, 0.2) is 22.8 Å². The summed E-state index contributed by atoms with van der Waals surface area (Å²) >= 11 is 0. The van der Waals surface area contributed by atoms with Crippen LogP contribution < -0.4 is 5.32 Å². The highest BCUT2D eigenvalue weighted by atomic mass is 16.3. The highest BCUT2D eigenvalue weighted by Crippen LogP contribution is 2.26. The number of aliphatic hydroxyl groups is 1. The van der Waals surface area contributed by atoms with Crippen LogP contribution in [-0.4, -0.2) is 41.7 Å². The van der Waals surface area contributed by atoms with Crippen LogP contribution in [0.1, 0.15) is 38.0 Å². The van der Waals surface area contributed by atoms with Crippen molar-refractivity contribution in [3.8, 4) is 0 Å². The van der Waals surface area contributed by atoms with Gasteiger partial charge in [0.25, 0.3) is 0 Å². The van der Waals surface area contributed by atoms with E-state index in [-0.39, 0.29) is 18.6 Å². The van der Waals surface area contributed by atoms with Crippen LogP contribution in [0.5, 0.6) is 0 Å². The third-order valence-electron chi connectivity index (χ3n) is 3.36. The smallest absolute Gasteiger partial charge is 0.234 e. The van der Waals surface area contributed by atoms with E-state index in [1.807, 2.05) is 19.1 Å². The first kappa shape index (κ1) is 14.1. The summed E-state index contributed by atoms with van der Waals surface area (Å²) in [6, 6.07) is 4.09. The molecule has 1 aliphatic rings. The number of amides is 1. The Morgan fingerprint density at radius 1 is 1.63 bits per heavy atom. The van der Waals surface area contributed by atoms with Gasteiger partial charge in [-0.05, 0) is 38.3 Å². The number of furan rings is 1. The number of carbonyl (C=O) groups excluding carboxylic acids is 1. The Morgan fingerprint density at radius 2 is 2.42 bits per heavy atom. The molecule has 0 aromatic carbocycles. The molecule has 5 nitrogen and oxygen atoms in total. The van der Waals surface area contributed by atoms with E-state index in [0.29, 0.717) is 12.6 Å². The van der Waals surface area contributed by atoms with Gasteiger partial charge in [-0.15, -0.1) is 0 Å². The molecule has 1 aromatic heterocycles. The Morgan fingerprint density at radius 3 is 3.00 bits per heavy atom. The van der Waals surface area contributed by atoms with Crippen molar-refractivity contribution in [2.45, 2.75) is 38.3 Å². The lowest BCUT2D eigenvalue weighted by Gasteiger charge is -2.22. The van der Waals surface area contributed by atoms with Crippen molar-refractivity contribution in [2.24, 2.45) is 0 Å². The Hall–Kier alpha value is -1.33. The van der Waals surface area contributed by atoms with E-state index in [9.17, 15) is 4.79 Å². The normalized spacial score (nSPS) is 16.6. The highest BCUT2D eigenvalue weighted by Gasteiger charge is 2.30. The van der Waals surface area contributed by atoms with Crippen LogP contribution >= 0.6 is 0 Å². The quantitative estimate of drug-likeness (QED) is 0.744. The van der Waals surface area contributed by atoms with Gasteiger partial charge in [-0.2, -0.15) is 0 Å². The summed E-state index contributed by atoms with van der Waals surface area (Å²) in [4.78, 5) is 14.2. The summed E-state index contributed by atoms with van der Waals surface area (Å²) in [6.45, 7) is 3.26. The largest absolute Gasteiger partial charge is 0.467 e. The van der Waals surface area contributed by atoms with Gasteiger partial charge in [0.1, 0.15) is 5.76 Å². The van der Waals surface area contributed by atoms with Crippen molar-refractivity contribution >= 4 is 5.91 Å². The second-order valence-corrected chi connectivity index (χ2v) is 5.08. The first-order chi connectivity index (χ1) is 9.20. The van der Waals surface area contributed by atoms with Gasteiger partial charge in [0.2, 0.25) is 5.91 Å². The summed E-state index contributed by atoms with van der Waals surface area (Å²) in [7, 11) is 0. The second-order valence-electron chi connectivity index (χ2n) is 5.08. The molecule has 19 heavy (non-hydrogen) atoms. The predicted molar refractivity (Wildman–Crippen MR) is 71.6 cm³/mol. The van der Waals surface area contributed by atoms with Gasteiger partial charge >= 0.3 is 0 Å². The molecule has 1 aliphatic carbocycles. The van der Waals surface area contributed by atoms with Crippen LogP contribution in [0.25, 0.3) is 0 Å². The van der Waals surface area contributed by atoms with Crippen LogP contribution in [0.3, 0.4) is 0 Å². The zero-order chi connectivity index (χ0) is 13.7. The van der Waals surface area contributed by atoms with Gasteiger partial charge in [0.05, 0.1) is 18.8 Å². The fourth-order valence-electron chi connectivity index (χ4n) is 2.18. The van der Waals surface area contributed by atoms with Crippen LogP contribution in [-0.2, 0) is 4.79 Å². The molecule has 0 bridgehead atoms. The number of carbonyl (C=O) groups is 1. The molecule has 1 amide bonds. The fraction of sp³-hybridized carbons (Fsp3) is 0.643. The number of hydrogen-bond donors (Lipinski definition) is 2. The molecule has 0 unspecified atom stereocenters. The van der Waals surface area contributed by atoms with E-state index < -0.39 is 0 Å². The Bertz CT molecular complexity index is 387. The molecule has 0 saturated heterocycles. The molecule has 0 radical (unpaired) electrons. The van der Waals surface area contributed by atoms with Gasteiger partial charge in [0, 0.05) is 19.2 Å². The van der Waals surface area contributed by atoms with E-state index in [2.05, 4.69) is 10.2 Å². The minimum Gasteiger partial charge on any atom is -0.467 e. The van der Waals surface area contributed by atoms with Crippen molar-refractivity contribution in [3.05, 3.63) is 24.2 Å². The minimum atomic E-state index is -0.110. The van der Waals surface area contributed by atoms with E-state index in [0.717, 1.165) is 31.6 Å². The van der Waals surface area contributed by atoms with E-state index in [4.69, 9.17) is 9.52 Å². The molecule has 1 atom stereocenters. The first-order valence-electron chi connectivity index (χ1n) is 6.88. The molecular weight excluding hydrogens is 244 g/mol. The van der Waals surface area contributed by atoms with Crippen molar-refractivity contribution < 1.29 is 14.3 Å². The maximum atomic E-state index is 12.0. The highest BCUT2D eigenvalue weighted by molar-refractivity contribution is 5.78. The topological polar surface area (TPSA) is 65.7 Å². The molecule has 1 fully saturated rings.